The summed E-state index contributed by atoms with van der Waals surface area (Å²) in [5, 5.41) is 2.89. The maximum absolute atomic E-state index is 12.8. The highest BCUT2D eigenvalue weighted by molar-refractivity contribution is 5.98. The van der Waals surface area contributed by atoms with Crippen LogP contribution in [0, 0.1) is 13.8 Å². The van der Waals surface area contributed by atoms with E-state index >= 15 is 0 Å². The molecule has 2 heterocycles. The van der Waals surface area contributed by atoms with Gasteiger partial charge >= 0.3 is 5.97 Å². The van der Waals surface area contributed by atoms with E-state index in [1.807, 2.05) is 25.7 Å². The molecule has 33 heavy (non-hydrogen) atoms. The number of nitrogens with zero attached hydrogens (tertiary/aromatic N) is 3. The lowest BCUT2D eigenvalue weighted by molar-refractivity contribution is -0.128. The molecule has 1 aliphatic heterocycles. The van der Waals surface area contributed by atoms with E-state index in [0.717, 1.165) is 29.9 Å². The van der Waals surface area contributed by atoms with Gasteiger partial charge in [0.2, 0.25) is 11.8 Å². The molecule has 9 nitrogen and oxygen atoms in total. The number of rotatable bonds is 11. The maximum Gasteiger partial charge on any atom is 0.340 e. The number of hydrogen-bond donors (Lipinski definition) is 1. The van der Waals surface area contributed by atoms with E-state index in [9.17, 15) is 14.4 Å². The summed E-state index contributed by atoms with van der Waals surface area (Å²) >= 11 is 0. The van der Waals surface area contributed by atoms with Crippen molar-refractivity contribution in [2.45, 2.75) is 40.7 Å². The molecule has 0 aromatic carbocycles. The van der Waals surface area contributed by atoms with E-state index in [1.165, 1.54) is 6.08 Å². The van der Waals surface area contributed by atoms with Crippen molar-refractivity contribution in [1.82, 2.24) is 19.7 Å². The number of esters is 1. The van der Waals surface area contributed by atoms with Gasteiger partial charge in [-0.1, -0.05) is 0 Å². The molecule has 2 amide bonds. The highest BCUT2D eigenvalue weighted by Crippen LogP contribution is 2.25. The summed E-state index contributed by atoms with van der Waals surface area (Å²) in [4.78, 5) is 41.2. The molecule has 0 radical (unpaired) electrons. The summed E-state index contributed by atoms with van der Waals surface area (Å²) in [6.07, 6.45) is 4.04. The Balaban J connectivity index is 1.95. The molecule has 1 aliphatic rings. The van der Waals surface area contributed by atoms with Gasteiger partial charge in [-0.3, -0.25) is 14.5 Å². The van der Waals surface area contributed by atoms with Gasteiger partial charge in [0.25, 0.3) is 0 Å². The van der Waals surface area contributed by atoms with Gasteiger partial charge in [-0.05, 0) is 40.2 Å². The van der Waals surface area contributed by atoms with Crippen LogP contribution in [0.2, 0.25) is 0 Å². The zero-order chi connectivity index (χ0) is 24.4. The van der Waals surface area contributed by atoms with Crippen molar-refractivity contribution in [1.29, 1.82) is 0 Å². The van der Waals surface area contributed by atoms with Crippen LogP contribution in [0.3, 0.4) is 0 Å². The van der Waals surface area contributed by atoms with Gasteiger partial charge in [-0.15, -0.1) is 0 Å². The standard InChI is InChI=1S/C24H38N4O5/c1-6-28-18(3)20(23(19(28)4)24(31)33-7-2)9-10-22(30)27-14-12-26(13-15-27)17-21(29)25-11-8-16-32-5/h9-10H,6-8,11-17H2,1-5H3,(H,25,29)/b10-9+. The predicted octanol–water partition coefficient (Wildman–Crippen LogP) is 1.61. The Morgan fingerprint density at radius 2 is 1.76 bits per heavy atom. The van der Waals surface area contributed by atoms with Gasteiger partial charge in [0, 0.05) is 76.0 Å². The molecule has 0 aliphatic carbocycles. The summed E-state index contributed by atoms with van der Waals surface area (Å²) in [5.41, 5.74) is 3.02. The fraction of sp³-hybridized carbons (Fsp3) is 0.625. The minimum Gasteiger partial charge on any atom is -0.462 e. The monoisotopic (exact) mass is 462 g/mol. The lowest BCUT2D eigenvalue weighted by Crippen LogP contribution is -2.50. The predicted molar refractivity (Wildman–Crippen MR) is 127 cm³/mol. The zero-order valence-corrected chi connectivity index (χ0v) is 20.6. The number of carbonyl (C=O) groups excluding carboxylic acids is 3. The quantitative estimate of drug-likeness (QED) is 0.305. The van der Waals surface area contributed by atoms with Gasteiger partial charge in [-0.25, -0.2) is 4.79 Å². The fourth-order valence-electron chi connectivity index (χ4n) is 4.14. The first-order valence-corrected chi connectivity index (χ1v) is 11.7. The first kappa shape index (κ1) is 26.6. The Bertz CT molecular complexity index is 854. The number of aromatic nitrogens is 1. The minimum atomic E-state index is -0.369. The normalized spacial score (nSPS) is 14.6. The summed E-state index contributed by atoms with van der Waals surface area (Å²) in [5.74, 6) is -0.482. The summed E-state index contributed by atoms with van der Waals surface area (Å²) < 4.78 is 12.3. The number of nitrogens with one attached hydrogen (secondary N) is 1. The van der Waals surface area contributed by atoms with Gasteiger partial charge < -0.3 is 24.3 Å². The van der Waals surface area contributed by atoms with Gasteiger partial charge in [0.1, 0.15) is 0 Å². The molecule has 1 aromatic rings. The largest absolute Gasteiger partial charge is 0.462 e. The molecule has 0 unspecified atom stereocenters. The average molecular weight is 463 g/mol. The van der Waals surface area contributed by atoms with Crippen LogP contribution in [0.4, 0.5) is 0 Å². The lowest BCUT2D eigenvalue weighted by Gasteiger charge is -2.33. The van der Waals surface area contributed by atoms with Crippen LogP contribution >= 0.6 is 0 Å². The number of piperazine rings is 1. The molecule has 1 N–H and O–H groups in total. The molecule has 1 saturated heterocycles. The Hall–Kier alpha value is -2.65. The van der Waals surface area contributed by atoms with E-state index in [2.05, 4.69) is 9.88 Å². The molecular weight excluding hydrogens is 424 g/mol. The van der Waals surface area contributed by atoms with Crippen LogP contribution in [-0.4, -0.2) is 91.7 Å². The van der Waals surface area contributed by atoms with E-state index in [0.29, 0.717) is 58.0 Å². The highest BCUT2D eigenvalue weighted by atomic mass is 16.5. The summed E-state index contributed by atoms with van der Waals surface area (Å²) in [6.45, 7) is 12.6. The van der Waals surface area contributed by atoms with Crippen molar-refractivity contribution >= 4 is 23.9 Å². The number of ether oxygens (including phenoxy) is 2. The molecule has 0 spiro atoms. The minimum absolute atomic E-state index is 0.0106. The molecule has 0 atom stereocenters. The number of amides is 2. The van der Waals surface area contributed by atoms with Crippen molar-refractivity contribution < 1.29 is 23.9 Å². The third kappa shape index (κ3) is 7.17. The Labute approximate surface area is 196 Å². The van der Waals surface area contributed by atoms with Crippen LogP contribution in [0.25, 0.3) is 6.08 Å². The highest BCUT2D eigenvalue weighted by Gasteiger charge is 2.24. The Morgan fingerprint density at radius 1 is 1.06 bits per heavy atom. The first-order chi connectivity index (χ1) is 15.8. The fourth-order valence-corrected chi connectivity index (χ4v) is 4.14. The molecule has 9 heteroatoms. The van der Waals surface area contributed by atoms with Crippen LogP contribution in [0.5, 0.6) is 0 Å². The third-order valence-electron chi connectivity index (χ3n) is 5.92. The second-order valence-corrected chi connectivity index (χ2v) is 8.06. The van der Waals surface area contributed by atoms with Gasteiger partial charge in [0.15, 0.2) is 0 Å². The zero-order valence-electron chi connectivity index (χ0n) is 20.6. The van der Waals surface area contributed by atoms with E-state index in [1.54, 1.807) is 25.0 Å². The molecule has 1 fully saturated rings. The number of carbonyl (C=O) groups is 3. The second kappa shape index (κ2) is 13.2. The third-order valence-corrected chi connectivity index (χ3v) is 5.92. The molecule has 184 valence electrons. The van der Waals surface area contributed by atoms with Crippen LogP contribution < -0.4 is 5.32 Å². The van der Waals surface area contributed by atoms with E-state index in [-0.39, 0.29) is 17.8 Å². The average Bonchev–Trinajstić information content (AvgIpc) is 3.04. The number of methoxy groups -OCH3 is 1. The topological polar surface area (TPSA) is 93.1 Å². The SMILES string of the molecule is CCOC(=O)c1c(/C=C/C(=O)N2CCN(CC(=O)NCCCOC)CC2)c(C)n(CC)c1C. The Morgan fingerprint density at radius 3 is 2.36 bits per heavy atom. The van der Waals surface area contributed by atoms with Crippen molar-refractivity contribution in [2.75, 3.05) is 59.6 Å². The van der Waals surface area contributed by atoms with Gasteiger partial charge in [-0.2, -0.15) is 0 Å². The Kier molecular flexibility index (Phi) is 10.6. The van der Waals surface area contributed by atoms with E-state index in [4.69, 9.17) is 9.47 Å². The van der Waals surface area contributed by atoms with Crippen molar-refractivity contribution in [2.24, 2.45) is 0 Å². The van der Waals surface area contributed by atoms with Crippen molar-refractivity contribution in [3.8, 4) is 0 Å². The van der Waals surface area contributed by atoms with E-state index < -0.39 is 0 Å². The van der Waals surface area contributed by atoms with Crippen LogP contribution in [0.15, 0.2) is 6.08 Å². The van der Waals surface area contributed by atoms with Crippen LogP contribution in [0.1, 0.15) is 47.6 Å². The maximum atomic E-state index is 12.8. The lowest BCUT2D eigenvalue weighted by atomic mass is 10.1. The first-order valence-electron chi connectivity index (χ1n) is 11.7. The van der Waals surface area contributed by atoms with Crippen molar-refractivity contribution in [3.63, 3.8) is 0 Å². The van der Waals surface area contributed by atoms with Gasteiger partial charge in [0.05, 0.1) is 18.7 Å². The number of hydrogen-bond acceptors (Lipinski definition) is 6. The molecule has 2 rings (SSSR count). The summed E-state index contributed by atoms with van der Waals surface area (Å²) in [6, 6.07) is 0. The second-order valence-electron chi connectivity index (χ2n) is 8.06. The summed E-state index contributed by atoms with van der Waals surface area (Å²) in [7, 11) is 1.64. The smallest absolute Gasteiger partial charge is 0.340 e. The van der Waals surface area contributed by atoms with Crippen molar-refractivity contribution in [3.05, 3.63) is 28.6 Å². The molecule has 0 bridgehead atoms. The van der Waals surface area contributed by atoms with Crippen LogP contribution in [-0.2, 0) is 25.6 Å². The molecule has 0 saturated carbocycles. The molecular formula is C24H38N4O5. The molecule has 1 aromatic heterocycles.